The molecular formula is C11H12Cl2O3. The van der Waals surface area contributed by atoms with E-state index in [4.69, 9.17) is 37.4 Å². The number of hydrogen-bond acceptors (Lipinski definition) is 3. The second-order valence-corrected chi connectivity index (χ2v) is 4.46. The highest BCUT2D eigenvalue weighted by atomic mass is 35.5. The van der Waals surface area contributed by atoms with Crippen molar-refractivity contribution < 1.29 is 14.2 Å². The Balaban J connectivity index is 2.46. The molecule has 0 bridgehead atoms. The quantitative estimate of drug-likeness (QED) is 0.785. The average Bonchev–Trinajstić information content (AvgIpc) is 2.79. The molecule has 0 unspecified atom stereocenters. The molecule has 1 aromatic carbocycles. The summed E-state index contributed by atoms with van der Waals surface area (Å²) in [5, 5.41) is 0. The van der Waals surface area contributed by atoms with Crippen molar-refractivity contribution in [1.82, 2.24) is 0 Å². The summed E-state index contributed by atoms with van der Waals surface area (Å²) in [6, 6.07) is 7.38. The van der Waals surface area contributed by atoms with Gasteiger partial charge in [-0.3, -0.25) is 0 Å². The van der Waals surface area contributed by atoms with E-state index in [9.17, 15) is 0 Å². The topological polar surface area (TPSA) is 27.7 Å². The van der Waals surface area contributed by atoms with Gasteiger partial charge in [-0.2, -0.15) is 0 Å². The van der Waals surface area contributed by atoms with E-state index in [1.165, 1.54) is 0 Å². The van der Waals surface area contributed by atoms with Crippen molar-refractivity contribution in [3.8, 4) is 5.75 Å². The van der Waals surface area contributed by atoms with Gasteiger partial charge in [0, 0.05) is 0 Å². The van der Waals surface area contributed by atoms with Crippen molar-refractivity contribution in [2.75, 3.05) is 20.3 Å². The summed E-state index contributed by atoms with van der Waals surface area (Å²) in [5.41, 5.74) is 0.713. The van der Waals surface area contributed by atoms with Crippen molar-refractivity contribution in [3.05, 3.63) is 29.8 Å². The number of rotatable bonds is 3. The Morgan fingerprint density at radius 3 is 2.44 bits per heavy atom. The van der Waals surface area contributed by atoms with Crippen LogP contribution in [-0.4, -0.2) is 25.2 Å². The first kappa shape index (κ1) is 12.0. The molecule has 0 N–H and O–H groups in total. The molecule has 2 rings (SSSR count). The lowest BCUT2D eigenvalue weighted by molar-refractivity contribution is -0.155. The summed E-state index contributed by atoms with van der Waals surface area (Å²) in [6.07, 6.45) is 0. The standard InChI is InChI=1S/C11H12Cl2O3/c1-14-9-5-3-2-4-8(9)11(10(12)13)15-6-7-16-11/h2-5,10H,6-7H2,1H3. The van der Waals surface area contributed by atoms with Gasteiger partial charge in [0.05, 0.1) is 25.9 Å². The SMILES string of the molecule is COc1ccccc1C1(C(Cl)Cl)OCCO1. The van der Waals surface area contributed by atoms with Crippen LogP contribution in [0.4, 0.5) is 0 Å². The predicted molar refractivity (Wildman–Crippen MR) is 62.1 cm³/mol. The normalized spacial score (nSPS) is 19.0. The van der Waals surface area contributed by atoms with E-state index in [0.717, 1.165) is 0 Å². The first-order valence-electron chi connectivity index (χ1n) is 4.90. The van der Waals surface area contributed by atoms with E-state index in [0.29, 0.717) is 24.5 Å². The fourth-order valence-electron chi connectivity index (χ4n) is 1.76. The number of benzene rings is 1. The Bertz CT molecular complexity index is 362. The third kappa shape index (κ3) is 1.89. The lowest BCUT2D eigenvalue weighted by Gasteiger charge is -2.30. The van der Waals surface area contributed by atoms with Gasteiger partial charge in [-0.05, 0) is 12.1 Å². The minimum atomic E-state index is -1.12. The second-order valence-electron chi connectivity index (χ2n) is 3.37. The summed E-state index contributed by atoms with van der Waals surface area (Å²) in [5.74, 6) is -0.467. The zero-order chi connectivity index (χ0) is 11.6. The molecule has 0 spiro atoms. The predicted octanol–water partition coefficient (Wildman–Crippen LogP) is 2.70. The number of ether oxygens (including phenoxy) is 3. The highest BCUT2D eigenvalue weighted by molar-refractivity contribution is 6.45. The molecule has 1 aromatic rings. The molecule has 0 aliphatic carbocycles. The molecule has 88 valence electrons. The summed E-state index contributed by atoms with van der Waals surface area (Å²) >= 11 is 11.9. The second kappa shape index (κ2) is 4.80. The Labute approximate surface area is 104 Å². The van der Waals surface area contributed by atoms with Crippen LogP contribution in [-0.2, 0) is 15.3 Å². The van der Waals surface area contributed by atoms with Crippen LogP contribution >= 0.6 is 23.2 Å². The van der Waals surface area contributed by atoms with Crippen molar-refractivity contribution in [3.63, 3.8) is 0 Å². The van der Waals surface area contributed by atoms with E-state index < -0.39 is 10.6 Å². The van der Waals surface area contributed by atoms with Gasteiger partial charge in [0.1, 0.15) is 5.75 Å². The molecule has 1 fully saturated rings. The van der Waals surface area contributed by atoms with Crippen LogP contribution < -0.4 is 4.74 Å². The highest BCUT2D eigenvalue weighted by Gasteiger charge is 2.46. The highest BCUT2D eigenvalue weighted by Crippen LogP contribution is 2.43. The molecule has 1 aliphatic rings. The number of hydrogen-bond donors (Lipinski definition) is 0. The van der Waals surface area contributed by atoms with Crippen molar-refractivity contribution >= 4 is 23.2 Å². The zero-order valence-electron chi connectivity index (χ0n) is 8.78. The Morgan fingerprint density at radius 1 is 1.25 bits per heavy atom. The molecule has 3 nitrogen and oxygen atoms in total. The van der Waals surface area contributed by atoms with E-state index in [2.05, 4.69) is 0 Å². The molecule has 1 heterocycles. The summed E-state index contributed by atoms with van der Waals surface area (Å²) in [4.78, 5) is -0.814. The first-order valence-corrected chi connectivity index (χ1v) is 5.77. The summed E-state index contributed by atoms with van der Waals surface area (Å²) in [6.45, 7) is 0.933. The molecule has 0 aromatic heterocycles. The molecule has 5 heteroatoms. The average molecular weight is 263 g/mol. The van der Waals surface area contributed by atoms with Crippen LogP contribution in [0.15, 0.2) is 24.3 Å². The van der Waals surface area contributed by atoms with Crippen LogP contribution in [0.25, 0.3) is 0 Å². The van der Waals surface area contributed by atoms with Crippen LogP contribution in [0.1, 0.15) is 5.56 Å². The molecule has 0 radical (unpaired) electrons. The number of halogens is 2. The Hall–Kier alpha value is -0.480. The van der Waals surface area contributed by atoms with Crippen molar-refractivity contribution in [2.45, 2.75) is 10.6 Å². The maximum absolute atomic E-state index is 5.96. The molecule has 1 saturated heterocycles. The van der Waals surface area contributed by atoms with Crippen molar-refractivity contribution in [2.24, 2.45) is 0 Å². The van der Waals surface area contributed by atoms with Gasteiger partial charge in [-0.1, -0.05) is 35.3 Å². The largest absolute Gasteiger partial charge is 0.496 e. The minimum absolute atomic E-state index is 0.466. The zero-order valence-corrected chi connectivity index (χ0v) is 10.3. The summed E-state index contributed by atoms with van der Waals surface area (Å²) in [7, 11) is 1.58. The van der Waals surface area contributed by atoms with Crippen LogP contribution in [0.3, 0.4) is 0 Å². The van der Waals surface area contributed by atoms with Gasteiger partial charge < -0.3 is 14.2 Å². The van der Waals surface area contributed by atoms with Crippen LogP contribution in [0.5, 0.6) is 5.75 Å². The third-order valence-electron chi connectivity index (χ3n) is 2.49. The van der Waals surface area contributed by atoms with E-state index in [1.54, 1.807) is 7.11 Å². The molecular weight excluding hydrogens is 251 g/mol. The lowest BCUT2D eigenvalue weighted by atomic mass is 10.1. The number of methoxy groups -OCH3 is 1. The number of alkyl halides is 2. The molecule has 0 atom stereocenters. The van der Waals surface area contributed by atoms with Crippen molar-refractivity contribution in [1.29, 1.82) is 0 Å². The molecule has 0 amide bonds. The summed E-state index contributed by atoms with van der Waals surface area (Å²) < 4.78 is 16.4. The van der Waals surface area contributed by atoms with Gasteiger partial charge in [-0.25, -0.2) is 0 Å². The lowest BCUT2D eigenvalue weighted by Crippen LogP contribution is -2.34. The van der Waals surface area contributed by atoms with Gasteiger partial charge >= 0.3 is 0 Å². The van der Waals surface area contributed by atoms with Gasteiger partial charge in [0.15, 0.2) is 4.84 Å². The van der Waals surface area contributed by atoms with E-state index in [-0.39, 0.29) is 0 Å². The van der Waals surface area contributed by atoms with Gasteiger partial charge in [-0.15, -0.1) is 0 Å². The maximum atomic E-state index is 5.96. The fraction of sp³-hybridized carbons (Fsp3) is 0.455. The van der Waals surface area contributed by atoms with E-state index >= 15 is 0 Å². The number of para-hydroxylation sites is 1. The Morgan fingerprint density at radius 2 is 1.88 bits per heavy atom. The van der Waals surface area contributed by atoms with Crippen LogP contribution in [0, 0.1) is 0 Å². The third-order valence-corrected chi connectivity index (χ3v) is 3.06. The smallest absolute Gasteiger partial charge is 0.229 e. The fourth-order valence-corrected chi connectivity index (χ4v) is 2.25. The van der Waals surface area contributed by atoms with E-state index in [1.807, 2.05) is 24.3 Å². The minimum Gasteiger partial charge on any atom is -0.496 e. The maximum Gasteiger partial charge on any atom is 0.229 e. The monoisotopic (exact) mass is 262 g/mol. The molecule has 0 saturated carbocycles. The Kier molecular flexibility index (Phi) is 3.60. The van der Waals surface area contributed by atoms with Crippen LogP contribution in [0.2, 0.25) is 0 Å². The van der Waals surface area contributed by atoms with Gasteiger partial charge in [0.2, 0.25) is 5.79 Å². The molecule has 1 aliphatic heterocycles. The molecule has 16 heavy (non-hydrogen) atoms. The van der Waals surface area contributed by atoms with Gasteiger partial charge in [0.25, 0.3) is 0 Å². The first-order chi connectivity index (χ1) is 7.70.